The summed E-state index contributed by atoms with van der Waals surface area (Å²) in [7, 11) is 0. The van der Waals surface area contributed by atoms with Crippen molar-refractivity contribution >= 4 is 11.7 Å². The number of halogens is 1. The maximum atomic E-state index is 13.9. The van der Waals surface area contributed by atoms with Gasteiger partial charge in [0.2, 0.25) is 5.91 Å². The van der Waals surface area contributed by atoms with Crippen LogP contribution in [0.4, 0.5) is 4.39 Å². The number of amides is 1. The lowest BCUT2D eigenvalue weighted by Crippen LogP contribution is -2.49. The van der Waals surface area contributed by atoms with Crippen molar-refractivity contribution < 1.29 is 14.0 Å². The fourth-order valence-electron chi connectivity index (χ4n) is 4.99. The van der Waals surface area contributed by atoms with Crippen molar-refractivity contribution in [3.63, 3.8) is 0 Å². The first-order valence-electron chi connectivity index (χ1n) is 10.7. The summed E-state index contributed by atoms with van der Waals surface area (Å²) in [6.07, 6.45) is 4.92. The molecule has 0 spiro atoms. The minimum Gasteiger partial charge on any atom is -0.342 e. The molecule has 0 radical (unpaired) electrons. The zero-order chi connectivity index (χ0) is 20.4. The number of aryl methyl sites for hydroxylation is 1. The van der Waals surface area contributed by atoms with E-state index in [1.807, 2.05) is 42.2 Å². The van der Waals surface area contributed by atoms with Crippen LogP contribution in [-0.2, 0) is 10.2 Å². The van der Waals surface area contributed by atoms with Crippen LogP contribution in [0.15, 0.2) is 48.5 Å². The van der Waals surface area contributed by atoms with Gasteiger partial charge < -0.3 is 4.90 Å². The Kier molecular flexibility index (Phi) is 5.53. The molecule has 0 N–H and O–H groups in total. The van der Waals surface area contributed by atoms with Gasteiger partial charge in [-0.05, 0) is 50.3 Å². The first kappa shape index (κ1) is 19.8. The van der Waals surface area contributed by atoms with Crippen molar-refractivity contribution in [3.05, 3.63) is 71.0 Å². The normalized spacial score (nSPS) is 19.3. The zero-order valence-corrected chi connectivity index (χ0v) is 17.0. The van der Waals surface area contributed by atoms with Crippen LogP contribution in [0.5, 0.6) is 0 Å². The molecule has 4 rings (SSSR count). The average molecular weight is 394 g/mol. The van der Waals surface area contributed by atoms with Crippen LogP contribution in [0.25, 0.3) is 0 Å². The third kappa shape index (κ3) is 3.85. The number of ketones is 1. The first-order chi connectivity index (χ1) is 14.0. The summed E-state index contributed by atoms with van der Waals surface area (Å²) in [5, 5.41) is 0. The van der Waals surface area contributed by atoms with Crippen LogP contribution in [-0.4, -0.2) is 29.7 Å². The van der Waals surface area contributed by atoms with Gasteiger partial charge in [-0.3, -0.25) is 9.59 Å². The molecule has 0 aromatic heterocycles. The van der Waals surface area contributed by atoms with Crippen molar-refractivity contribution in [2.75, 3.05) is 13.1 Å². The molecular weight excluding hydrogens is 365 g/mol. The lowest BCUT2D eigenvalue weighted by Gasteiger charge is -2.38. The summed E-state index contributed by atoms with van der Waals surface area (Å²) in [6.45, 7) is 3.20. The van der Waals surface area contributed by atoms with E-state index in [-0.39, 0.29) is 23.4 Å². The molecule has 2 aromatic carbocycles. The topological polar surface area (TPSA) is 37.4 Å². The van der Waals surface area contributed by atoms with Gasteiger partial charge in [0.05, 0.1) is 5.41 Å². The fraction of sp³-hybridized carbons (Fsp3) is 0.440. The van der Waals surface area contributed by atoms with E-state index in [1.165, 1.54) is 12.1 Å². The summed E-state index contributed by atoms with van der Waals surface area (Å²) in [5.74, 6) is -0.0286. The van der Waals surface area contributed by atoms with Gasteiger partial charge in [-0.1, -0.05) is 54.8 Å². The van der Waals surface area contributed by atoms with Crippen LogP contribution in [0.3, 0.4) is 0 Å². The van der Waals surface area contributed by atoms with Gasteiger partial charge >= 0.3 is 0 Å². The predicted molar refractivity (Wildman–Crippen MR) is 111 cm³/mol. The smallest absolute Gasteiger partial charge is 0.233 e. The monoisotopic (exact) mass is 393 g/mol. The lowest BCUT2D eigenvalue weighted by molar-refractivity contribution is -0.138. The molecule has 1 saturated heterocycles. The maximum Gasteiger partial charge on any atom is 0.233 e. The Morgan fingerprint density at radius 1 is 1.00 bits per heavy atom. The number of rotatable bonds is 4. The molecule has 1 heterocycles. The van der Waals surface area contributed by atoms with E-state index in [2.05, 4.69) is 0 Å². The molecule has 1 amide bonds. The number of hydrogen-bond acceptors (Lipinski definition) is 2. The standard InChI is InChI=1S/C25H28FNO2/c1-18-7-9-19(10-8-18)23(28)20-11-15-27(16-12-20)24(29)25(13-2-3-14-25)21-5-4-6-22(26)17-21/h4-10,17,20H,2-3,11-16H2,1H3. The van der Waals surface area contributed by atoms with E-state index in [9.17, 15) is 14.0 Å². The largest absolute Gasteiger partial charge is 0.342 e. The summed E-state index contributed by atoms with van der Waals surface area (Å²) in [5.41, 5.74) is 2.10. The molecule has 0 bridgehead atoms. The highest BCUT2D eigenvalue weighted by Gasteiger charge is 2.45. The SMILES string of the molecule is Cc1ccc(C(=O)C2CCN(C(=O)C3(c4cccc(F)c4)CCCC3)CC2)cc1. The van der Waals surface area contributed by atoms with E-state index in [4.69, 9.17) is 0 Å². The number of carbonyl (C=O) groups is 2. The molecule has 1 aliphatic carbocycles. The van der Waals surface area contributed by atoms with Crippen molar-refractivity contribution in [1.29, 1.82) is 0 Å². The van der Waals surface area contributed by atoms with Crippen molar-refractivity contribution in [2.24, 2.45) is 5.92 Å². The number of Topliss-reactive ketones (excluding diaryl/α,β-unsaturated/α-hetero) is 1. The van der Waals surface area contributed by atoms with Gasteiger partial charge in [-0.2, -0.15) is 0 Å². The van der Waals surface area contributed by atoms with Crippen LogP contribution >= 0.6 is 0 Å². The molecule has 4 heteroatoms. The summed E-state index contributed by atoms with van der Waals surface area (Å²) >= 11 is 0. The van der Waals surface area contributed by atoms with Crippen LogP contribution in [0.2, 0.25) is 0 Å². The third-order valence-corrected chi connectivity index (χ3v) is 6.73. The van der Waals surface area contributed by atoms with Crippen LogP contribution in [0.1, 0.15) is 60.0 Å². The molecular formula is C25H28FNO2. The third-order valence-electron chi connectivity index (χ3n) is 6.73. The van der Waals surface area contributed by atoms with Crippen molar-refractivity contribution in [2.45, 2.75) is 50.9 Å². The van der Waals surface area contributed by atoms with E-state index >= 15 is 0 Å². The minimum absolute atomic E-state index is 0.0320. The van der Waals surface area contributed by atoms with Gasteiger partial charge in [0.1, 0.15) is 5.82 Å². The number of nitrogens with zero attached hydrogens (tertiary/aromatic N) is 1. The molecule has 0 atom stereocenters. The summed E-state index contributed by atoms with van der Waals surface area (Å²) in [6, 6.07) is 14.3. The number of piperidine rings is 1. The van der Waals surface area contributed by atoms with Gasteiger partial charge in [0, 0.05) is 24.6 Å². The van der Waals surface area contributed by atoms with E-state index in [0.29, 0.717) is 25.9 Å². The highest BCUT2D eigenvalue weighted by atomic mass is 19.1. The average Bonchev–Trinajstić information content (AvgIpc) is 3.25. The Morgan fingerprint density at radius 3 is 2.28 bits per heavy atom. The van der Waals surface area contributed by atoms with Crippen LogP contribution < -0.4 is 0 Å². The lowest BCUT2D eigenvalue weighted by atomic mass is 9.76. The zero-order valence-electron chi connectivity index (χ0n) is 17.0. The van der Waals surface area contributed by atoms with Crippen molar-refractivity contribution in [3.8, 4) is 0 Å². The Morgan fingerprint density at radius 2 is 1.66 bits per heavy atom. The van der Waals surface area contributed by atoms with Crippen molar-refractivity contribution in [1.82, 2.24) is 4.90 Å². The van der Waals surface area contributed by atoms with Gasteiger partial charge in [0.25, 0.3) is 0 Å². The Bertz CT molecular complexity index is 891. The molecule has 2 aliphatic rings. The second-order valence-corrected chi connectivity index (χ2v) is 8.60. The molecule has 1 saturated carbocycles. The molecule has 0 unspecified atom stereocenters. The molecule has 3 nitrogen and oxygen atoms in total. The van der Waals surface area contributed by atoms with Gasteiger partial charge in [-0.15, -0.1) is 0 Å². The number of benzene rings is 2. The van der Waals surface area contributed by atoms with E-state index in [1.54, 1.807) is 6.07 Å². The molecule has 2 fully saturated rings. The number of likely N-dealkylation sites (tertiary alicyclic amines) is 1. The minimum atomic E-state index is -0.601. The number of hydrogen-bond donors (Lipinski definition) is 0. The van der Waals surface area contributed by atoms with E-state index < -0.39 is 5.41 Å². The van der Waals surface area contributed by atoms with Crippen LogP contribution in [0, 0.1) is 18.7 Å². The fourth-order valence-corrected chi connectivity index (χ4v) is 4.99. The highest BCUT2D eigenvalue weighted by molar-refractivity contribution is 5.98. The second kappa shape index (κ2) is 8.10. The van der Waals surface area contributed by atoms with Gasteiger partial charge in [-0.25, -0.2) is 4.39 Å². The van der Waals surface area contributed by atoms with Gasteiger partial charge in [0.15, 0.2) is 5.78 Å². The molecule has 1 aliphatic heterocycles. The molecule has 152 valence electrons. The first-order valence-corrected chi connectivity index (χ1v) is 10.7. The summed E-state index contributed by atoms with van der Waals surface area (Å²) < 4.78 is 13.9. The Balaban J connectivity index is 1.46. The summed E-state index contributed by atoms with van der Waals surface area (Å²) in [4.78, 5) is 28.3. The Labute approximate surface area is 171 Å². The molecule has 2 aromatic rings. The quantitative estimate of drug-likeness (QED) is 0.680. The highest BCUT2D eigenvalue weighted by Crippen LogP contribution is 2.43. The number of carbonyl (C=O) groups excluding carboxylic acids is 2. The second-order valence-electron chi connectivity index (χ2n) is 8.60. The predicted octanol–water partition coefficient (Wildman–Crippen LogP) is 5.07. The maximum absolute atomic E-state index is 13.9. The molecule has 29 heavy (non-hydrogen) atoms. The Hall–Kier alpha value is -2.49. The van der Waals surface area contributed by atoms with E-state index in [0.717, 1.165) is 42.4 Å².